The lowest BCUT2D eigenvalue weighted by atomic mass is 10.1. The molecule has 126 valence electrons. The van der Waals surface area contributed by atoms with Crippen molar-refractivity contribution in [2.45, 2.75) is 5.25 Å². The molecule has 0 aromatic heterocycles. The SMILES string of the molecule is O=C(c1ccc(F)c(F)c1)N1CCN(S(=O)(=O)C2COC2)CC1. The lowest BCUT2D eigenvalue weighted by Gasteiger charge is -2.37. The second kappa shape index (κ2) is 6.14. The van der Waals surface area contributed by atoms with E-state index < -0.39 is 32.8 Å². The van der Waals surface area contributed by atoms with Crippen molar-refractivity contribution >= 4 is 15.9 Å². The third kappa shape index (κ3) is 3.08. The van der Waals surface area contributed by atoms with Gasteiger partial charge in [-0.25, -0.2) is 17.2 Å². The van der Waals surface area contributed by atoms with Gasteiger partial charge in [-0.3, -0.25) is 4.79 Å². The monoisotopic (exact) mass is 346 g/mol. The highest BCUT2D eigenvalue weighted by Gasteiger charge is 2.39. The number of nitrogens with zero attached hydrogens (tertiary/aromatic N) is 2. The predicted molar refractivity (Wildman–Crippen MR) is 77.4 cm³/mol. The van der Waals surface area contributed by atoms with Crippen LogP contribution in [0.5, 0.6) is 0 Å². The molecule has 2 aliphatic heterocycles. The number of ether oxygens (including phenoxy) is 1. The zero-order chi connectivity index (χ0) is 16.6. The van der Waals surface area contributed by atoms with Gasteiger partial charge in [-0.1, -0.05) is 0 Å². The summed E-state index contributed by atoms with van der Waals surface area (Å²) in [5.41, 5.74) is 0.0487. The molecule has 1 aromatic rings. The number of carbonyl (C=O) groups is 1. The summed E-state index contributed by atoms with van der Waals surface area (Å²) in [5, 5.41) is -0.504. The minimum atomic E-state index is -3.39. The first kappa shape index (κ1) is 16.3. The van der Waals surface area contributed by atoms with Gasteiger partial charge in [0.05, 0.1) is 13.2 Å². The van der Waals surface area contributed by atoms with E-state index in [0.29, 0.717) is 0 Å². The molecule has 0 N–H and O–H groups in total. The molecule has 2 saturated heterocycles. The summed E-state index contributed by atoms with van der Waals surface area (Å²) in [5.74, 6) is -2.53. The molecule has 0 spiro atoms. The number of benzene rings is 1. The summed E-state index contributed by atoms with van der Waals surface area (Å²) in [7, 11) is -3.39. The van der Waals surface area contributed by atoms with Gasteiger partial charge in [0.25, 0.3) is 5.91 Å². The number of sulfonamides is 1. The van der Waals surface area contributed by atoms with E-state index in [0.717, 1.165) is 12.1 Å². The fourth-order valence-electron chi connectivity index (χ4n) is 2.55. The van der Waals surface area contributed by atoms with Gasteiger partial charge in [0, 0.05) is 31.7 Å². The average Bonchev–Trinajstić information content (AvgIpc) is 2.47. The molecule has 0 aliphatic carbocycles. The Labute approximate surface area is 132 Å². The molecule has 3 rings (SSSR count). The third-order valence-corrected chi connectivity index (χ3v) is 6.28. The van der Waals surface area contributed by atoms with Crippen molar-refractivity contribution in [1.29, 1.82) is 0 Å². The van der Waals surface area contributed by atoms with Crippen molar-refractivity contribution in [3.8, 4) is 0 Å². The Morgan fingerprint density at radius 3 is 2.26 bits per heavy atom. The first-order valence-corrected chi connectivity index (χ1v) is 8.71. The molecular formula is C14H16F2N2O4S. The van der Waals surface area contributed by atoms with Gasteiger partial charge in [0.15, 0.2) is 11.6 Å². The van der Waals surface area contributed by atoms with Crippen LogP contribution in [0.2, 0.25) is 0 Å². The summed E-state index contributed by atoms with van der Waals surface area (Å²) in [4.78, 5) is 13.7. The molecule has 0 radical (unpaired) electrons. The summed E-state index contributed by atoms with van der Waals surface area (Å²) >= 11 is 0. The highest BCUT2D eigenvalue weighted by atomic mass is 32.2. The van der Waals surface area contributed by atoms with E-state index >= 15 is 0 Å². The minimum absolute atomic E-state index is 0.0487. The van der Waals surface area contributed by atoms with Crippen molar-refractivity contribution < 1.29 is 26.7 Å². The highest BCUT2D eigenvalue weighted by molar-refractivity contribution is 7.89. The average molecular weight is 346 g/mol. The summed E-state index contributed by atoms with van der Waals surface area (Å²) in [6.07, 6.45) is 0. The summed E-state index contributed by atoms with van der Waals surface area (Å²) < 4.78 is 56.9. The maximum Gasteiger partial charge on any atom is 0.254 e. The zero-order valence-corrected chi connectivity index (χ0v) is 13.1. The maximum atomic E-state index is 13.2. The van der Waals surface area contributed by atoms with Crippen LogP contribution < -0.4 is 0 Å². The molecule has 2 fully saturated rings. The smallest absolute Gasteiger partial charge is 0.254 e. The molecule has 0 atom stereocenters. The van der Waals surface area contributed by atoms with E-state index in [1.807, 2.05) is 0 Å². The van der Waals surface area contributed by atoms with Crippen LogP contribution in [0.1, 0.15) is 10.4 Å². The van der Waals surface area contributed by atoms with Gasteiger partial charge in [-0.2, -0.15) is 4.31 Å². The predicted octanol–water partition coefficient (Wildman–Crippen LogP) is 0.451. The number of hydrogen-bond donors (Lipinski definition) is 0. The number of halogens is 2. The van der Waals surface area contributed by atoms with Gasteiger partial charge >= 0.3 is 0 Å². The van der Waals surface area contributed by atoms with Crippen molar-refractivity contribution in [2.24, 2.45) is 0 Å². The maximum absolute atomic E-state index is 13.2. The van der Waals surface area contributed by atoms with Crippen LogP contribution in [0.15, 0.2) is 18.2 Å². The largest absolute Gasteiger partial charge is 0.378 e. The van der Waals surface area contributed by atoms with E-state index in [1.54, 1.807) is 0 Å². The standard InChI is InChI=1S/C14H16F2N2O4S/c15-12-2-1-10(7-13(12)16)14(19)17-3-5-18(6-4-17)23(20,21)11-8-22-9-11/h1-2,7,11H,3-6,8-9H2. The minimum Gasteiger partial charge on any atom is -0.378 e. The number of rotatable bonds is 3. The Morgan fingerprint density at radius 1 is 1.09 bits per heavy atom. The zero-order valence-electron chi connectivity index (χ0n) is 12.2. The Morgan fingerprint density at radius 2 is 1.74 bits per heavy atom. The van der Waals surface area contributed by atoms with E-state index in [2.05, 4.69) is 0 Å². The van der Waals surface area contributed by atoms with Crippen LogP contribution in [-0.2, 0) is 14.8 Å². The van der Waals surface area contributed by atoms with Gasteiger partial charge in [-0.15, -0.1) is 0 Å². The fraction of sp³-hybridized carbons (Fsp3) is 0.500. The lowest BCUT2D eigenvalue weighted by molar-refractivity contribution is 0.0378. The van der Waals surface area contributed by atoms with E-state index in [1.165, 1.54) is 15.3 Å². The number of hydrogen-bond acceptors (Lipinski definition) is 4. The second-order valence-electron chi connectivity index (χ2n) is 5.52. The second-order valence-corrected chi connectivity index (χ2v) is 7.74. The Bertz CT molecular complexity index is 713. The number of piperazine rings is 1. The number of amides is 1. The van der Waals surface area contributed by atoms with Gasteiger partial charge in [0.2, 0.25) is 10.0 Å². The van der Waals surface area contributed by atoms with Crippen molar-refractivity contribution in [1.82, 2.24) is 9.21 Å². The van der Waals surface area contributed by atoms with Crippen LogP contribution in [0.4, 0.5) is 8.78 Å². The topological polar surface area (TPSA) is 66.9 Å². The first-order valence-electron chi connectivity index (χ1n) is 7.20. The molecule has 1 aromatic carbocycles. The molecule has 1 amide bonds. The first-order chi connectivity index (χ1) is 10.9. The molecular weight excluding hydrogens is 330 g/mol. The molecule has 0 unspecified atom stereocenters. The van der Waals surface area contributed by atoms with E-state index in [4.69, 9.17) is 4.74 Å². The molecule has 23 heavy (non-hydrogen) atoms. The summed E-state index contributed by atoms with van der Waals surface area (Å²) in [6.45, 7) is 1.21. The molecule has 6 nitrogen and oxygen atoms in total. The van der Waals surface area contributed by atoms with Gasteiger partial charge < -0.3 is 9.64 Å². The van der Waals surface area contributed by atoms with Crippen LogP contribution in [0, 0.1) is 11.6 Å². The molecule has 0 saturated carbocycles. The van der Waals surface area contributed by atoms with Crippen molar-refractivity contribution in [3.05, 3.63) is 35.4 Å². The van der Waals surface area contributed by atoms with E-state index in [9.17, 15) is 22.0 Å². The molecule has 2 heterocycles. The fourth-order valence-corrected chi connectivity index (χ4v) is 4.18. The van der Waals surface area contributed by atoms with Gasteiger partial charge in [0.1, 0.15) is 5.25 Å². The van der Waals surface area contributed by atoms with Crippen molar-refractivity contribution in [2.75, 3.05) is 39.4 Å². The third-order valence-electron chi connectivity index (χ3n) is 4.08. The van der Waals surface area contributed by atoms with Crippen LogP contribution in [0.25, 0.3) is 0 Å². The Hall–Kier alpha value is -1.58. The molecule has 0 bridgehead atoms. The lowest BCUT2D eigenvalue weighted by Crippen LogP contribution is -2.55. The van der Waals surface area contributed by atoms with Crippen molar-refractivity contribution in [3.63, 3.8) is 0 Å². The molecule has 9 heteroatoms. The van der Waals surface area contributed by atoms with Crippen LogP contribution >= 0.6 is 0 Å². The normalized spacial score (nSPS) is 20.3. The van der Waals surface area contributed by atoms with E-state index in [-0.39, 0.29) is 45.0 Å². The number of carbonyl (C=O) groups excluding carboxylic acids is 1. The Balaban J connectivity index is 1.64. The summed E-state index contributed by atoms with van der Waals surface area (Å²) in [6, 6.07) is 2.97. The van der Waals surface area contributed by atoms with Gasteiger partial charge in [-0.05, 0) is 18.2 Å². The quantitative estimate of drug-likeness (QED) is 0.797. The van der Waals surface area contributed by atoms with Crippen LogP contribution in [-0.4, -0.2) is 68.2 Å². The highest BCUT2D eigenvalue weighted by Crippen LogP contribution is 2.19. The molecule has 2 aliphatic rings. The van der Waals surface area contributed by atoms with Crippen LogP contribution in [0.3, 0.4) is 0 Å². The Kier molecular flexibility index (Phi) is 4.35.